The van der Waals surface area contributed by atoms with E-state index in [4.69, 9.17) is 0 Å². The molecule has 0 bridgehead atoms. The topological polar surface area (TPSA) is 94.6 Å². The fraction of sp³-hybridized carbons (Fsp3) is 0.0556. The number of hydrogen-bond acceptors (Lipinski definition) is 5. The van der Waals surface area contributed by atoms with Crippen LogP contribution in [0.15, 0.2) is 71.2 Å². The molecule has 1 heterocycles. The minimum atomic E-state index is -0.534. The number of nitrogens with zero attached hydrogens (tertiary/aromatic N) is 3. The van der Waals surface area contributed by atoms with Gasteiger partial charge in [0.2, 0.25) is 0 Å². The fourth-order valence-corrected chi connectivity index (χ4v) is 2.98. The van der Waals surface area contributed by atoms with Crippen LogP contribution in [0.2, 0.25) is 0 Å². The number of aromatic nitrogens is 1. The van der Waals surface area contributed by atoms with Gasteiger partial charge in [0.15, 0.2) is 10.6 Å². The summed E-state index contributed by atoms with van der Waals surface area (Å²) in [7, 11) is 0. The van der Waals surface area contributed by atoms with Gasteiger partial charge in [0.25, 0.3) is 11.6 Å². The van der Waals surface area contributed by atoms with Gasteiger partial charge in [-0.05, 0) is 12.1 Å². The standard InChI is InChI=1S/C18H13N3O4S/c22-16(13-4-2-1-3-5-13)12-20-10-11-26-18(20)19-17(23)14-6-8-15(9-7-14)21(24)25/h1-11H,12H2. The van der Waals surface area contributed by atoms with Gasteiger partial charge in [-0.1, -0.05) is 30.3 Å². The molecule has 0 fully saturated rings. The van der Waals surface area contributed by atoms with Gasteiger partial charge in [-0.3, -0.25) is 19.7 Å². The summed E-state index contributed by atoms with van der Waals surface area (Å²) in [6.45, 7) is 0.0693. The smallest absolute Gasteiger partial charge is 0.279 e. The molecule has 3 rings (SSSR count). The van der Waals surface area contributed by atoms with Gasteiger partial charge in [0, 0.05) is 34.8 Å². The highest BCUT2D eigenvalue weighted by Crippen LogP contribution is 2.12. The van der Waals surface area contributed by atoms with Crippen molar-refractivity contribution >= 4 is 28.7 Å². The molecule has 8 heteroatoms. The van der Waals surface area contributed by atoms with Crippen molar-refractivity contribution in [3.63, 3.8) is 0 Å². The summed E-state index contributed by atoms with van der Waals surface area (Å²) in [5.74, 6) is -0.614. The van der Waals surface area contributed by atoms with Crippen molar-refractivity contribution < 1.29 is 14.5 Å². The van der Waals surface area contributed by atoms with E-state index in [-0.39, 0.29) is 23.6 Å². The maximum absolute atomic E-state index is 12.3. The Morgan fingerprint density at radius 1 is 1.04 bits per heavy atom. The minimum Gasteiger partial charge on any atom is -0.316 e. The molecule has 0 unspecified atom stereocenters. The number of rotatable bonds is 5. The molecule has 1 amide bonds. The van der Waals surface area contributed by atoms with Gasteiger partial charge in [-0.2, -0.15) is 4.99 Å². The Morgan fingerprint density at radius 2 is 1.73 bits per heavy atom. The van der Waals surface area contributed by atoms with Crippen LogP contribution in [-0.2, 0) is 6.54 Å². The van der Waals surface area contributed by atoms with Gasteiger partial charge < -0.3 is 4.57 Å². The number of Topliss-reactive ketones (excluding diaryl/α,β-unsaturated/α-hetero) is 1. The first-order chi connectivity index (χ1) is 12.5. The molecule has 0 aliphatic rings. The van der Waals surface area contributed by atoms with E-state index >= 15 is 0 Å². The Morgan fingerprint density at radius 3 is 2.38 bits per heavy atom. The summed E-state index contributed by atoms with van der Waals surface area (Å²) in [5, 5.41) is 12.4. The monoisotopic (exact) mass is 367 g/mol. The van der Waals surface area contributed by atoms with Crippen molar-refractivity contribution in [2.24, 2.45) is 4.99 Å². The zero-order chi connectivity index (χ0) is 18.5. The van der Waals surface area contributed by atoms with Crippen LogP contribution in [0, 0.1) is 10.1 Å². The Hall–Kier alpha value is -3.39. The van der Waals surface area contributed by atoms with Gasteiger partial charge in [0.05, 0.1) is 11.5 Å². The maximum atomic E-state index is 12.3. The maximum Gasteiger partial charge on any atom is 0.279 e. The van der Waals surface area contributed by atoms with E-state index in [1.165, 1.54) is 35.6 Å². The Balaban J connectivity index is 1.82. The number of benzene rings is 2. The van der Waals surface area contributed by atoms with Crippen LogP contribution in [0.4, 0.5) is 5.69 Å². The first-order valence-corrected chi connectivity index (χ1v) is 8.48. The Bertz CT molecular complexity index is 1020. The normalized spacial score (nSPS) is 11.3. The molecule has 0 N–H and O–H groups in total. The number of carbonyl (C=O) groups excluding carboxylic acids is 2. The molecule has 7 nitrogen and oxygen atoms in total. The van der Waals surface area contributed by atoms with Crippen molar-refractivity contribution in [1.29, 1.82) is 0 Å². The van der Waals surface area contributed by atoms with E-state index in [9.17, 15) is 19.7 Å². The highest BCUT2D eigenvalue weighted by molar-refractivity contribution is 7.07. The van der Waals surface area contributed by atoms with E-state index in [0.29, 0.717) is 10.4 Å². The van der Waals surface area contributed by atoms with Crippen LogP contribution in [0.3, 0.4) is 0 Å². The van der Waals surface area contributed by atoms with E-state index in [2.05, 4.69) is 4.99 Å². The van der Waals surface area contributed by atoms with E-state index in [1.807, 2.05) is 6.07 Å². The molecule has 3 aromatic rings. The molecule has 0 atom stereocenters. The lowest BCUT2D eigenvalue weighted by molar-refractivity contribution is -0.384. The number of hydrogen-bond donors (Lipinski definition) is 0. The van der Waals surface area contributed by atoms with Crippen molar-refractivity contribution in [3.05, 3.63) is 92.2 Å². The van der Waals surface area contributed by atoms with Crippen molar-refractivity contribution in [3.8, 4) is 0 Å². The molecule has 0 saturated carbocycles. The number of amides is 1. The first-order valence-electron chi connectivity index (χ1n) is 7.60. The number of ketones is 1. The third-order valence-electron chi connectivity index (χ3n) is 3.59. The molecule has 130 valence electrons. The van der Waals surface area contributed by atoms with E-state index < -0.39 is 10.8 Å². The van der Waals surface area contributed by atoms with Crippen LogP contribution in [-0.4, -0.2) is 21.2 Å². The van der Waals surface area contributed by atoms with Crippen LogP contribution in [0.1, 0.15) is 20.7 Å². The molecule has 1 aromatic heterocycles. The highest BCUT2D eigenvalue weighted by atomic mass is 32.1. The van der Waals surface area contributed by atoms with Crippen LogP contribution >= 0.6 is 11.3 Å². The van der Waals surface area contributed by atoms with Gasteiger partial charge in [-0.15, -0.1) is 11.3 Å². The van der Waals surface area contributed by atoms with Crippen LogP contribution < -0.4 is 4.80 Å². The molecule has 0 saturated heterocycles. The molecule has 2 aromatic carbocycles. The SMILES string of the molecule is O=C(Cn1ccsc1=NC(=O)c1ccc([N+](=O)[O-])cc1)c1ccccc1. The zero-order valence-electron chi connectivity index (χ0n) is 13.4. The van der Waals surface area contributed by atoms with E-state index in [1.54, 1.807) is 40.4 Å². The molecule has 0 spiro atoms. The number of nitro groups is 1. The first kappa shape index (κ1) is 17.4. The Kier molecular flexibility index (Phi) is 5.14. The molecular weight excluding hydrogens is 354 g/mol. The quantitative estimate of drug-likeness (QED) is 0.393. The third kappa shape index (κ3) is 3.98. The lowest BCUT2D eigenvalue weighted by Crippen LogP contribution is -2.21. The number of carbonyl (C=O) groups is 2. The van der Waals surface area contributed by atoms with Crippen LogP contribution in [0.5, 0.6) is 0 Å². The third-order valence-corrected chi connectivity index (χ3v) is 4.39. The summed E-state index contributed by atoms with van der Waals surface area (Å²) >= 11 is 1.23. The lowest BCUT2D eigenvalue weighted by Gasteiger charge is -2.02. The molecule has 0 radical (unpaired) electrons. The average molecular weight is 367 g/mol. The molecule has 0 aliphatic heterocycles. The fourth-order valence-electron chi connectivity index (χ4n) is 2.25. The van der Waals surface area contributed by atoms with Crippen molar-refractivity contribution in [2.75, 3.05) is 0 Å². The second-order valence-corrected chi connectivity index (χ2v) is 6.20. The van der Waals surface area contributed by atoms with Gasteiger partial charge >= 0.3 is 0 Å². The van der Waals surface area contributed by atoms with E-state index in [0.717, 1.165) is 0 Å². The summed E-state index contributed by atoms with van der Waals surface area (Å²) < 4.78 is 1.60. The number of nitro benzene ring substituents is 1. The zero-order valence-corrected chi connectivity index (χ0v) is 14.3. The summed E-state index contributed by atoms with van der Waals surface area (Å²) in [6.07, 6.45) is 1.69. The lowest BCUT2D eigenvalue weighted by atomic mass is 10.1. The molecule has 26 heavy (non-hydrogen) atoms. The summed E-state index contributed by atoms with van der Waals surface area (Å²) in [4.78, 5) is 39.1. The Labute approximate surface area is 152 Å². The second kappa shape index (κ2) is 7.66. The van der Waals surface area contributed by atoms with Crippen molar-refractivity contribution in [2.45, 2.75) is 6.54 Å². The number of non-ortho nitro benzene ring substituents is 1. The predicted octanol–water partition coefficient (Wildman–Crippen LogP) is 3.08. The minimum absolute atomic E-state index is 0.0693. The summed E-state index contributed by atoms with van der Waals surface area (Å²) in [6, 6.07) is 14.1. The predicted molar refractivity (Wildman–Crippen MR) is 96.1 cm³/mol. The van der Waals surface area contributed by atoms with Crippen LogP contribution in [0.25, 0.3) is 0 Å². The van der Waals surface area contributed by atoms with Crippen molar-refractivity contribution in [1.82, 2.24) is 4.57 Å². The largest absolute Gasteiger partial charge is 0.316 e. The average Bonchev–Trinajstić information content (AvgIpc) is 3.09. The highest BCUT2D eigenvalue weighted by Gasteiger charge is 2.11. The summed E-state index contributed by atoms with van der Waals surface area (Å²) in [5.41, 5.74) is 0.727. The van der Waals surface area contributed by atoms with Gasteiger partial charge in [-0.25, -0.2) is 0 Å². The molecule has 0 aliphatic carbocycles. The second-order valence-electron chi connectivity index (χ2n) is 5.32. The number of thiazole rings is 1. The molecular formula is C18H13N3O4S. The van der Waals surface area contributed by atoms with Gasteiger partial charge in [0.1, 0.15) is 0 Å².